The van der Waals surface area contributed by atoms with Crippen LogP contribution in [0.1, 0.15) is 18.4 Å². The minimum Gasteiger partial charge on any atom is -0.479 e. The molecular weight excluding hydrogens is 316 g/mol. The summed E-state index contributed by atoms with van der Waals surface area (Å²) in [6, 6.07) is 9.09. The molecule has 24 heavy (non-hydrogen) atoms. The molecule has 0 amide bonds. The summed E-state index contributed by atoms with van der Waals surface area (Å²) in [5.74, 6) is -1.90. The first kappa shape index (κ1) is 17.2. The largest absolute Gasteiger partial charge is 0.479 e. The lowest BCUT2D eigenvalue weighted by molar-refractivity contribution is -0.149. The van der Waals surface area contributed by atoms with Gasteiger partial charge in [0.1, 0.15) is 12.9 Å². The number of benzene rings is 1. The van der Waals surface area contributed by atoms with Crippen molar-refractivity contribution < 1.29 is 29.0 Å². The van der Waals surface area contributed by atoms with E-state index in [-0.39, 0.29) is 19.4 Å². The van der Waals surface area contributed by atoms with Gasteiger partial charge in [0.15, 0.2) is 0 Å². The molecule has 0 aliphatic rings. The van der Waals surface area contributed by atoms with Gasteiger partial charge in [0.05, 0.1) is 0 Å². The fraction of sp³-hybridized carbons (Fsp3) is 0.250. The summed E-state index contributed by atoms with van der Waals surface area (Å²) in [7, 11) is 0. The topological polar surface area (TPSA) is 108 Å². The smallest absolute Gasteiger partial charge is 0.420 e. The van der Waals surface area contributed by atoms with Crippen molar-refractivity contribution in [3.05, 3.63) is 54.6 Å². The van der Waals surface area contributed by atoms with Crippen molar-refractivity contribution in [3.8, 4) is 0 Å². The Hall–Kier alpha value is -3.16. The van der Waals surface area contributed by atoms with Crippen LogP contribution in [0, 0.1) is 0 Å². The normalized spacial score (nSPS) is 11.5. The molecule has 0 unspecified atom stereocenters. The summed E-state index contributed by atoms with van der Waals surface area (Å²) < 4.78 is 10.9. The van der Waals surface area contributed by atoms with E-state index in [0.29, 0.717) is 0 Å². The van der Waals surface area contributed by atoms with Crippen molar-refractivity contribution >= 4 is 18.0 Å². The minimum atomic E-state index is -1.44. The SMILES string of the molecule is O=C(CC[C@H](OC(=O)n1ccnc1)C(=O)O)OCc1ccccc1. The van der Waals surface area contributed by atoms with Gasteiger partial charge in [-0.05, 0) is 5.56 Å². The van der Waals surface area contributed by atoms with E-state index in [9.17, 15) is 14.4 Å². The van der Waals surface area contributed by atoms with Crippen LogP contribution in [0.25, 0.3) is 0 Å². The molecule has 0 aliphatic carbocycles. The molecule has 0 aliphatic heterocycles. The predicted octanol–water partition coefficient (Wildman–Crippen LogP) is 1.84. The van der Waals surface area contributed by atoms with Gasteiger partial charge < -0.3 is 14.6 Å². The number of aromatic nitrogens is 2. The second kappa shape index (κ2) is 8.47. The van der Waals surface area contributed by atoms with Gasteiger partial charge in [0, 0.05) is 25.2 Å². The maximum atomic E-state index is 11.7. The standard InChI is InChI=1S/C16H16N2O6/c19-14(23-10-12-4-2-1-3-5-12)7-6-13(15(20)21)24-16(22)18-9-8-17-11-18/h1-5,8-9,11,13H,6-7,10H2,(H,20,21)/t13-/m0/s1. The maximum absolute atomic E-state index is 11.7. The Morgan fingerprint density at radius 3 is 2.58 bits per heavy atom. The molecule has 1 heterocycles. The van der Waals surface area contributed by atoms with Crippen LogP contribution in [0.15, 0.2) is 49.1 Å². The zero-order valence-corrected chi connectivity index (χ0v) is 12.7. The van der Waals surface area contributed by atoms with Crippen molar-refractivity contribution in [2.75, 3.05) is 0 Å². The number of nitrogens with zero attached hydrogens (tertiary/aromatic N) is 2. The third kappa shape index (κ3) is 5.24. The molecule has 0 saturated heterocycles. The van der Waals surface area contributed by atoms with E-state index in [4.69, 9.17) is 14.6 Å². The number of hydrogen-bond acceptors (Lipinski definition) is 6. The first-order chi connectivity index (χ1) is 11.6. The molecule has 0 bridgehead atoms. The Morgan fingerprint density at radius 1 is 1.21 bits per heavy atom. The average molecular weight is 332 g/mol. The molecule has 126 valence electrons. The van der Waals surface area contributed by atoms with Crippen LogP contribution < -0.4 is 0 Å². The molecule has 0 radical (unpaired) electrons. The Kier molecular flexibility index (Phi) is 6.07. The van der Waals surface area contributed by atoms with Crippen LogP contribution in [0.4, 0.5) is 4.79 Å². The zero-order chi connectivity index (χ0) is 17.4. The number of carbonyl (C=O) groups excluding carboxylic acids is 2. The summed E-state index contributed by atoms with van der Waals surface area (Å²) in [6.07, 6.45) is 1.20. The first-order valence-electron chi connectivity index (χ1n) is 7.17. The lowest BCUT2D eigenvalue weighted by Crippen LogP contribution is -2.29. The Bertz CT molecular complexity index is 684. The van der Waals surface area contributed by atoms with Crippen molar-refractivity contribution in [1.82, 2.24) is 9.55 Å². The number of ether oxygens (including phenoxy) is 2. The van der Waals surface area contributed by atoms with Crippen LogP contribution in [-0.4, -0.2) is 38.8 Å². The van der Waals surface area contributed by atoms with Gasteiger partial charge in [-0.1, -0.05) is 30.3 Å². The van der Waals surface area contributed by atoms with Gasteiger partial charge in [0.25, 0.3) is 0 Å². The Balaban J connectivity index is 1.79. The lowest BCUT2D eigenvalue weighted by Gasteiger charge is -2.13. The number of carboxylic acids is 1. The number of carboxylic acid groups (broad SMARTS) is 1. The molecule has 0 saturated carbocycles. The fourth-order valence-electron chi connectivity index (χ4n) is 1.84. The molecule has 8 heteroatoms. The molecule has 1 N–H and O–H groups in total. The lowest BCUT2D eigenvalue weighted by atomic mass is 10.2. The van der Waals surface area contributed by atoms with Gasteiger partial charge in [-0.15, -0.1) is 0 Å². The van der Waals surface area contributed by atoms with E-state index in [2.05, 4.69) is 4.98 Å². The maximum Gasteiger partial charge on any atom is 0.420 e. The number of aliphatic carboxylic acids is 1. The quantitative estimate of drug-likeness (QED) is 0.771. The number of imidazole rings is 1. The highest BCUT2D eigenvalue weighted by Gasteiger charge is 2.24. The summed E-state index contributed by atoms with van der Waals surface area (Å²) >= 11 is 0. The van der Waals surface area contributed by atoms with E-state index < -0.39 is 24.1 Å². The van der Waals surface area contributed by atoms with E-state index in [1.165, 1.54) is 18.7 Å². The number of esters is 1. The molecule has 1 aromatic carbocycles. The second-order valence-corrected chi connectivity index (χ2v) is 4.87. The Morgan fingerprint density at radius 2 is 1.96 bits per heavy atom. The van der Waals surface area contributed by atoms with E-state index >= 15 is 0 Å². The number of hydrogen-bond donors (Lipinski definition) is 1. The highest BCUT2D eigenvalue weighted by Crippen LogP contribution is 2.08. The molecule has 0 fully saturated rings. The number of carbonyl (C=O) groups is 3. The molecule has 0 spiro atoms. The number of rotatable bonds is 7. The van der Waals surface area contributed by atoms with Crippen LogP contribution in [0.3, 0.4) is 0 Å². The van der Waals surface area contributed by atoms with E-state index in [1.54, 1.807) is 12.1 Å². The molecule has 1 atom stereocenters. The van der Waals surface area contributed by atoms with Crippen LogP contribution >= 0.6 is 0 Å². The molecule has 2 aromatic rings. The molecule has 8 nitrogen and oxygen atoms in total. The zero-order valence-electron chi connectivity index (χ0n) is 12.7. The predicted molar refractivity (Wildman–Crippen MR) is 81.0 cm³/mol. The van der Waals surface area contributed by atoms with Gasteiger partial charge >= 0.3 is 18.0 Å². The average Bonchev–Trinajstić information content (AvgIpc) is 3.12. The monoisotopic (exact) mass is 332 g/mol. The molecule has 2 rings (SSSR count). The first-order valence-corrected chi connectivity index (χ1v) is 7.17. The van der Waals surface area contributed by atoms with Crippen LogP contribution in [0.2, 0.25) is 0 Å². The molecule has 1 aromatic heterocycles. The van der Waals surface area contributed by atoms with Crippen molar-refractivity contribution in [3.63, 3.8) is 0 Å². The van der Waals surface area contributed by atoms with Gasteiger partial charge in [-0.3, -0.25) is 4.79 Å². The van der Waals surface area contributed by atoms with E-state index in [0.717, 1.165) is 10.1 Å². The van der Waals surface area contributed by atoms with E-state index in [1.807, 2.05) is 18.2 Å². The Labute approximate surface area is 137 Å². The highest BCUT2D eigenvalue weighted by molar-refractivity contribution is 5.79. The van der Waals surface area contributed by atoms with Gasteiger partial charge in [-0.2, -0.15) is 0 Å². The van der Waals surface area contributed by atoms with Crippen molar-refractivity contribution in [2.45, 2.75) is 25.6 Å². The van der Waals surface area contributed by atoms with Gasteiger partial charge in [-0.25, -0.2) is 19.1 Å². The summed E-state index contributed by atoms with van der Waals surface area (Å²) in [5.41, 5.74) is 0.826. The highest BCUT2D eigenvalue weighted by atomic mass is 16.6. The minimum absolute atomic E-state index is 0.103. The van der Waals surface area contributed by atoms with Crippen LogP contribution in [-0.2, 0) is 25.7 Å². The third-order valence-electron chi connectivity index (χ3n) is 3.09. The third-order valence-corrected chi connectivity index (χ3v) is 3.09. The van der Waals surface area contributed by atoms with Gasteiger partial charge in [0.2, 0.25) is 6.10 Å². The van der Waals surface area contributed by atoms with Crippen molar-refractivity contribution in [1.29, 1.82) is 0 Å². The fourth-order valence-corrected chi connectivity index (χ4v) is 1.84. The second-order valence-electron chi connectivity index (χ2n) is 4.87. The molecular formula is C16H16N2O6. The summed E-state index contributed by atoms with van der Waals surface area (Å²) in [5, 5.41) is 9.09. The summed E-state index contributed by atoms with van der Waals surface area (Å²) in [6.45, 7) is 0.103. The van der Waals surface area contributed by atoms with Crippen molar-refractivity contribution in [2.24, 2.45) is 0 Å². The van der Waals surface area contributed by atoms with Crippen LogP contribution in [0.5, 0.6) is 0 Å². The summed E-state index contributed by atoms with van der Waals surface area (Å²) in [4.78, 5) is 38.2.